The van der Waals surface area contributed by atoms with Crippen LogP contribution in [0.15, 0.2) is 23.2 Å². The van der Waals surface area contributed by atoms with Crippen molar-refractivity contribution in [1.29, 1.82) is 0 Å². The SMILES string of the molecule is CC(=O)NCc1ccnc([C@H]2CCCN2C(=O)c2cscn2)n1. The van der Waals surface area contributed by atoms with Crippen molar-refractivity contribution < 1.29 is 9.59 Å². The van der Waals surface area contributed by atoms with Crippen molar-refractivity contribution in [2.75, 3.05) is 6.54 Å². The molecule has 8 heteroatoms. The van der Waals surface area contributed by atoms with Gasteiger partial charge in [0.1, 0.15) is 5.69 Å². The average Bonchev–Trinajstić information content (AvgIpc) is 3.23. The summed E-state index contributed by atoms with van der Waals surface area (Å²) in [5, 5.41) is 4.47. The summed E-state index contributed by atoms with van der Waals surface area (Å²) < 4.78 is 0. The van der Waals surface area contributed by atoms with Crippen LogP contribution in [0.1, 0.15) is 47.8 Å². The van der Waals surface area contributed by atoms with Crippen LogP contribution in [-0.2, 0) is 11.3 Å². The number of hydrogen-bond donors (Lipinski definition) is 1. The van der Waals surface area contributed by atoms with E-state index in [1.54, 1.807) is 28.1 Å². The van der Waals surface area contributed by atoms with E-state index in [1.165, 1.54) is 18.3 Å². The third-order valence-electron chi connectivity index (χ3n) is 3.71. The molecule has 1 saturated heterocycles. The third-order valence-corrected chi connectivity index (χ3v) is 4.30. The number of nitrogens with one attached hydrogen (secondary N) is 1. The van der Waals surface area contributed by atoms with Gasteiger partial charge in [-0.05, 0) is 18.9 Å². The predicted octanol–water partition coefficient (Wildman–Crippen LogP) is 1.55. The molecule has 0 saturated carbocycles. The summed E-state index contributed by atoms with van der Waals surface area (Å²) in [6, 6.07) is 1.63. The molecule has 1 N–H and O–H groups in total. The minimum absolute atomic E-state index is 0.0791. The van der Waals surface area contributed by atoms with E-state index in [0.717, 1.165) is 18.5 Å². The molecule has 0 unspecified atom stereocenters. The summed E-state index contributed by atoms with van der Waals surface area (Å²) in [6.45, 7) is 2.51. The third kappa shape index (κ3) is 3.53. The Hall–Kier alpha value is -2.35. The Labute approximate surface area is 137 Å². The maximum Gasteiger partial charge on any atom is 0.273 e. The molecule has 120 valence electrons. The first-order chi connectivity index (χ1) is 11.1. The second-order valence-corrected chi connectivity index (χ2v) is 6.06. The van der Waals surface area contributed by atoms with Crippen LogP contribution in [0.3, 0.4) is 0 Å². The molecular formula is C15H17N5O2S. The molecule has 1 aliphatic rings. The van der Waals surface area contributed by atoms with Gasteiger partial charge in [0.2, 0.25) is 5.91 Å². The van der Waals surface area contributed by atoms with Crippen molar-refractivity contribution in [3.05, 3.63) is 40.4 Å². The summed E-state index contributed by atoms with van der Waals surface area (Å²) in [7, 11) is 0. The van der Waals surface area contributed by atoms with E-state index >= 15 is 0 Å². The van der Waals surface area contributed by atoms with Gasteiger partial charge in [-0.1, -0.05) is 0 Å². The fourth-order valence-electron chi connectivity index (χ4n) is 2.63. The lowest BCUT2D eigenvalue weighted by molar-refractivity contribution is -0.119. The number of aromatic nitrogens is 3. The lowest BCUT2D eigenvalue weighted by atomic mass is 10.2. The topological polar surface area (TPSA) is 88.1 Å². The molecule has 0 aromatic carbocycles. The molecule has 0 radical (unpaired) electrons. The van der Waals surface area contributed by atoms with Crippen molar-refractivity contribution in [2.24, 2.45) is 0 Å². The Morgan fingerprint density at radius 3 is 3.04 bits per heavy atom. The minimum Gasteiger partial charge on any atom is -0.351 e. The number of nitrogens with zero attached hydrogens (tertiary/aromatic N) is 4. The van der Waals surface area contributed by atoms with Crippen LogP contribution < -0.4 is 5.32 Å². The van der Waals surface area contributed by atoms with E-state index in [0.29, 0.717) is 24.6 Å². The summed E-state index contributed by atoms with van der Waals surface area (Å²) in [6.07, 6.45) is 3.42. The van der Waals surface area contributed by atoms with Gasteiger partial charge in [0.05, 0.1) is 23.8 Å². The fourth-order valence-corrected chi connectivity index (χ4v) is 3.16. The van der Waals surface area contributed by atoms with Crippen LogP contribution in [0.2, 0.25) is 0 Å². The molecule has 3 heterocycles. The molecule has 0 spiro atoms. The maximum absolute atomic E-state index is 12.5. The molecule has 1 fully saturated rings. The Bertz CT molecular complexity index is 704. The minimum atomic E-state index is -0.138. The number of thiazole rings is 1. The van der Waals surface area contributed by atoms with E-state index in [9.17, 15) is 9.59 Å². The summed E-state index contributed by atoms with van der Waals surface area (Å²) in [4.78, 5) is 38.3. The number of rotatable bonds is 4. The molecule has 0 bridgehead atoms. The summed E-state index contributed by atoms with van der Waals surface area (Å²) in [5.41, 5.74) is 2.86. The van der Waals surface area contributed by atoms with Crippen LogP contribution in [0, 0.1) is 0 Å². The van der Waals surface area contributed by atoms with Crippen LogP contribution in [0.4, 0.5) is 0 Å². The second-order valence-electron chi connectivity index (χ2n) is 5.35. The Balaban J connectivity index is 1.78. The molecule has 1 atom stereocenters. The van der Waals surface area contributed by atoms with E-state index < -0.39 is 0 Å². The highest BCUT2D eigenvalue weighted by atomic mass is 32.1. The zero-order valence-electron chi connectivity index (χ0n) is 12.7. The molecule has 23 heavy (non-hydrogen) atoms. The quantitative estimate of drug-likeness (QED) is 0.918. The predicted molar refractivity (Wildman–Crippen MR) is 84.7 cm³/mol. The molecule has 7 nitrogen and oxygen atoms in total. The smallest absolute Gasteiger partial charge is 0.273 e. The van der Waals surface area contributed by atoms with Crippen LogP contribution in [0.5, 0.6) is 0 Å². The van der Waals surface area contributed by atoms with Crippen molar-refractivity contribution in [3.63, 3.8) is 0 Å². The molecule has 1 aliphatic heterocycles. The van der Waals surface area contributed by atoms with Gasteiger partial charge in [-0.15, -0.1) is 11.3 Å². The van der Waals surface area contributed by atoms with Gasteiger partial charge < -0.3 is 10.2 Å². The molecule has 0 aliphatic carbocycles. The molecule has 2 aromatic heterocycles. The first-order valence-corrected chi connectivity index (χ1v) is 8.35. The van der Waals surface area contributed by atoms with Crippen molar-refractivity contribution in [2.45, 2.75) is 32.4 Å². The monoisotopic (exact) mass is 331 g/mol. The van der Waals surface area contributed by atoms with Crippen molar-refractivity contribution in [1.82, 2.24) is 25.2 Å². The fraction of sp³-hybridized carbons (Fsp3) is 0.400. The lowest BCUT2D eigenvalue weighted by Gasteiger charge is -2.23. The van der Waals surface area contributed by atoms with Crippen LogP contribution in [-0.4, -0.2) is 38.2 Å². The van der Waals surface area contributed by atoms with E-state index in [-0.39, 0.29) is 17.9 Å². The normalized spacial score (nSPS) is 17.3. The first-order valence-electron chi connectivity index (χ1n) is 7.40. The maximum atomic E-state index is 12.5. The standard InChI is InChI=1S/C15H17N5O2S/c1-10(21)17-7-11-4-5-16-14(19-11)13-3-2-6-20(13)15(22)12-8-23-9-18-12/h4-5,8-9,13H,2-3,6-7H2,1H3,(H,17,21)/t13-/m1/s1. The Morgan fingerprint density at radius 1 is 1.43 bits per heavy atom. The zero-order valence-corrected chi connectivity index (χ0v) is 13.5. The van der Waals surface area contributed by atoms with Crippen LogP contribution in [0.25, 0.3) is 0 Å². The Morgan fingerprint density at radius 2 is 2.30 bits per heavy atom. The van der Waals surface area contributed by atoms with Gasteiger partial charge in [0.25, 0.3) is 5.91 Å². The second kappa shape index (κ2) is 6.82. The number of carbonyl (C=O) groups excluding carboxylic acids is 2. The molecule has 2 amide bonds. The van der Waals surface area contributed by atoms with E-state index in [2.05, 4.69) is 20.3 Å². The summed E-state index contributed by atoms with van der Waals surface area (Å²) >= 11 is 1.41. The number of likely N-dealkylation sites (tertiary alicyclic amines) is 1. The number of carbonyl (C=O) groups is 2. The van der Waals surface area contributed by atoms with Gasteiger partial charge in [0, 0.05) is 25.0 Å². The molecular weight excluding hydrogens is 314 g/mol. The largest absolute Gasteiger partial charge is 0.351 e. The average molecular weight is 331 g/mol. The van der Waals surface area contributed by atoms with Gasteiger partial charge in [-0.2, -0.15) is 0 Å². The highest BCUT2D eigenvalue weighted by Crippen LogP contribution is 2.31. The zero-order chi connectivity index (χ0) is 16.2. The number of amides is 2. The van der Waals surface area contributed by atoms with Gasteiger partial charge in [-0.25, -0.2) is 15.0 Å². The van der Waals surface area contributed by atoms with Gasteiger partial charge in [0.15, 0.2) is 5.82 Å². The Kier molecular flexibility index (Phi) is 4.61. The summed E-state index contributed by atoms with van der Waals surface area (Å²) in [5.74, 6) is 0.435. The highest BCUT2D eigenvalue weighted by Gasteiger charge is 2.33. The van der Waals surface area contributed by atoms with Gasteiger partial charge in [-0.3, -0.25) is 9.59 Å². The van der Waals surface area contributed by atoms with Gasteiger partial charge >= 0.3 is 0 Å². The molecule has 3 rings (SSSR count). The van der Waals surface area contributed by atoms with Crippen molar-refractivity contribution in [3.8, 4) is 0 Å². The lowest BCUT2D eigenvalue weighted by Crippen LogP contribution is -2.32. The van der Waals surface area contributed by atoms with Crippen molar-refractivity contribution >= 4 is 23.2 Å². The van der Waals surface area contributed by atoms with Crippen LogP contribution >= 0.6 is 11.3 Å². The number of hydrogen-bond acceptors (Lipinski definition) is 6. The van der Waals surface area contributed by atoms with E-state index in [1.807, 2.05) is 0 Å². The highest BCUT2D eigenvalue weighted by molar-refractivity contribution is 7.07. The van der Waals surface area contributed by atoms with E-state index in [4.69, 9.17) is 0 Å². The first kappa shape index (κ1) is 15.5. The molecule has 2 aromatic rings.